The van der Waals surface area contributed by atoms with Crippen LogP contribution in [-0.2, 0) is 6.54 Å². The molecule has 8 nitrogen and oxygen atoms in total. The fourth-order valence-electron chi connectivity index (χ4n) is 3.18. The molecule has 0 saturated carbocycles. The highest BCUT2D eigenvalue weighted by Crippen LogP contribution is 2.15. The molecule has 3 heterocycles. The fourth-order valence-corrected chi connectivity index (χ4v) is 3.18. The first-order valence-corrected chi connectivity index (χ1v) is 9.12. The van der Waals surface area contributed by atoms with Gasteiger partial charge in [0, 0.05) is 37.6 Å². The largest absolute Gasteiger partial charge is 0.337 e. The number of nitrogens with one attached hydrogen (secondary N) is 1. The molecular weight excluding hydrogens is 332 g/mol. The molecule has 1 atom stereocenters. The molecule has 2 aromatic rings. The topological polar surface area (TPSA) is 87.4 Å². The minimum atomic E-state index is -0.116. The van der Waals surface area contributed by atoms with Crippen LogP contribution in [0.2, 0.25) is 0 Å². The molecule has 1 aliphatic rings. The Morgan fingerprint density at radius 2 is 2.38 bits per heavy atom. The lowest BCUT2D eigenvalue weighted by Crippen LogP contribution is -2.50. The molecule has 1 fully saturated rings. The number of carbonyl (C=O) groups is 1. The molecule has 2 amide bonds. The van der Waals surface area contributed by atoms with Crippen molar-refractivity contribution in [2.24, 2.45) is 0 Å². The highest BCUT2D eigenvalue weighted by molar-refractivity contribution is 5.74. The van der Waals surface area contributed by atoms with Gasteiger partial charge < -0.3 is 19.6 Å². The van der Waals surface area contributed by atoms with Gasteiger partial charge in [0.15, 0.2) is 0 Å². The molecule has 0 bridgehead atoms. The Kier molecular flexibility index (Phi) is 6.17. The van der Waals surface area contributed by atoms with Crippen LogP contribution in [0.3, 0.4) is 0 Å². The summed E-state index contributed by atoms with van der Waals surface area (Å²) in [5.74, 6) is 0.877. The van der Waals surface area contributed by atoms with Gasteiger partial charge in [-0.25, -0.2) is 4.79 Å². The van der Waals surface area contributed by atoms with E-state index < -0.39 is 0 Å². The number of hydrogen-bond acceptors (Lipinski definition) is 6. The quantitative estimate of drug-likeness (QED) is 0.851. The lowest BCUT2D eigenvalue weighted by molar-refractivity contribution is 0.168. The average Bonchev–Trinajstić information content (AvgIpc) is 3.11. The molecule has 1 aliphatic heterocycles. The van der Waals surface area contributed by atoms with Crippen molar-refractivity contribution in [3.63, 3.8) is 0 Å². The van der Waals surface area contributed by atoms with Crippen molar-refractivity contribution < 1.29 is 9.32 Å². The number of carbonyl (C=O) groups excluding carboxylic acids is 1. The lowest BCUT2D eigenvalue weighted by Gasteiger charge is -2.33. The zero-order valence-corrected chi connectivity index (χ0v) is 15.4. The molecule has 1 N–H and O–H groups in total. The van der Waals surface area contributed by atoms with E-state index in [2.05, 4.69) is 32.3 Å². The van der Waals surface area contributed by atoms with Crippen molar-refractivity contribution >= 4 is 6.03 Å². The van der Waals surface area contributed by atoms with Gasteiger partial charge in [0.1, 0.15) is 6.54 Å². The monoisotopic (exact) mass is 358 g/mol. The summed E-state index contributed by atoms with van der Waals surface area (Å²) in [6, 6.07) is 3.76. The summed E-state index contributed by atoms with van der Waals surface area (Å²) >= 11 is 0. The molecule has 1 unspecified atom stereocenters. The first-order chi connectivity index (χ1) is 12.7. The van der Waals surface area contributed by atoms with Crippen LogP contribution in [0.25, 0.3) is 11.4 Å². The number of urea groups is 1. The number of amides is 2. The molecule has 8 heteroatoms. The number of aromatic nitrogens is 3. The van der Waals surface area contributed by atoms with E-state index >= 15 is 0 Å². The van der Waals surface area contributed by atoms with Crippen molar-refractivity contribution in [2.75, 3.05) is 26.7 Å². The smallest absolute Gasteiger partial charge is 0.317 e. The second kappa shape index (κ2) is 8.75. The summed E-state index contributed by atoms with van der Waals surface area (Å²) in [5, 5.41) is 7.06. The molecule has 3 rings (SSSR count). The summed E-state index contributed by atoms with van der Waals surface area (Å²) < 4.78 is 5.26. The summed E-state index contributed by atoms with van der Waals surface area (Å²) in [6.07, 6.45) is 6.64. The number of rotatable bonds is 6. The van der Waals surface area contributed by atoms with Gasteiger partial charge in [0.25, 0.3) is 0 Å². The molecule has 140 valence electrons. The van der Waals surface area contributed by atoms with Crippen LogP contribution in [0, 0.1) is 0 Å². The third-order valence-corrected chi connectivity index (χ3v) is 4.48. The van der Waals surface area contributed by atoms with Gasteiger partial charge in [-0.1, -0.05) is 12.1 Å². The first-order valence-electron chi connectivity index (χ1n) is 9.12. The Bertz CT molecular complexity index is 703. The van der Waals surface area contributed by atoms with E-state index in [1.165, 1.54) is 0 Å². The van der Waals surface area contributed by atoms with E-state index in [-0.39, 0.29) is 18.6 Å². The standard InChI is InChI=1S/C18H26N6O2/c1-3-9-24-10-5-7-15(12-24)20-18(25)23(2)13-16-21-17(22-26-16)14-6-4-8-19-11-14/h4,6,8,11,15H,3,5,7,9-10,12-13H2,1-2H3,(H,20,25). The second-order valence-electron chi connectivity index (χ2n) is 6.70. The van der Waals surface area contributed by atoms with E-state index in [0.717, 1.165) is 44.5 Å². The zero-order valence-electron chi connectivity index (χ0n) is 15.4. The van der Waals surface area contributed by atoms with E-state index in [1.807, 2.05) is 12.1 Å². The van der Waals surface area contributed by atoms with Gasteiger partial charge in [-0.3, -0.25) is 4.98 Å². The maximum atomic E-state index is 12.5. The van der Waals surface area contributed by atoms with E-state index in [0.29, 0.717) is 11.7 Å². The molecule has 0 aromatic carbocycles. The summed E-state index contributed by atoms with van der Waals surface area (Å²) in [7, 11) is 1.73. The maximum absolute atomic E-state index is 12.5. The number of nitrogens with zero attached hydrogens (tertiary/aromatic N) is 5. The third-order valence-electron chi connectivity index (χ3n) is 4.48. The SMILES string of the molecule is CCCN1CCCC(NC(=O)N(C)Cc2nc(-c3cccnc3)no2)C1. The normalized spacial score (nSPS) is 17.8. The predicted molar refractivity (Wildman–Crippen MR) is 97.3 cm³/mol. The summed E-state index contributed by atoms with van der Waals surface area (Å²) in [4.78, 5) is 24.8. The van der Waals surface area contributed by atoms with Gasteiger partial charge in [-0.15, -0.1) is 0 Å². The summed E-state index contributed by atoms with van der Waals surface area (Å²) in [5.41, 5.74) is 0.785. The van der Waals surface area contributed by atoms with Gasteiger partial charge in [-0.2, -0.15) is 4.98 Å². The van der Waals surface area contributed by atoms with Gasteiger partial charge in [0.05, 0.1) is 0 Å². The molecular formula is C18H26N6O2. The van der Waals surface area contributed by atoms with Crippen LogP contribution in [0.1, 0.15) is 32.1 Å². The Balaban J connectivity index is 1.52. The zero-order chi connectivity index (χ0) is 18.4. The molecule has 1 saturated heterocycles. The van der Waals surface area contributed by atoms with E-state index in [4.69, 9.17) is 4.52 Å². The van der Waals surface area contributed by atoms with Crippen LogP contribution in [0.15, 0.2) is 29.0 Å². The van der Waals surface area contributed by atoms with Crippen molar-refractivity contribution in [1.82, 2.24) is 30.2 Å². The number of pyridine rings is 1. The van der Waals surface area contributed by atoms with E-state index in [9.17, 15) is 4.79 Å². The molecule has 0 radical (unpaired) electrons. The summed E-state index contributed by atoms with van der Waals surface area (Å²) in [6.45, 7) is 5.57. The third kappa shape index (κ3) is 4.78. The highest BCUT2D eigenvalue weighted by Gasteiger charge is 2.23. The lowest BCUT2D eigenvalue weighted by atomic mass is 10.1. The Morgan fingerprint density at radius 3 is 3.15 bits per heavy atom. The minimum Gasteiger partial charge on any atom is -0.337 e. The van der Waals surface area contributed by atoms with Crippen LogP contribution in [0.5, 0.6) is 0 Å². The van der Waals surface area contributed by atoms with Crippen molar-refractivity contribution in [2.45, 2.75) is 38.8 Å². The molecule has 2 aromatic heterocycles. The van der Waals surface area contributed by atoms with Crippen LogP contribution < -0.4 is 5.32 Å². The highest BCUT2D eigenvalue weighted by atomic mass is 16.5. The van der Waals surface area contributed by atoms with E-state index in [1.54, 1.807) is 24.3 Å². The number of piperidine rings is 1. The Labute approximate surface area is 153 Å². The van der Waals surface area contributed by atoms with Gasteiger partial charge >= 0.3 is 6.03 Å². The maximum Gasteiger partial charge on any atom is 0.317 e. The van der Waals surface area contributed by atoms with Crippen LogP contribution in [0.4, 0.5) is 4.79 Å². The fraction of sp³-hybridized carbons (Fsp3) is 0.556. The van der Waals surface area contributed by atoms with Crippen LogP contribution in [-0.4, -0.2) is 63.7 Å². The Morgan fingerprint density at radius 1 is 1.50 bits per heavy atom. The molecule has 26 heavy (non-hydrogen) atoms. The Hall–Kier alpha value is -2.48. The average molecular weight is 358 g/mol. The van der Waals surface area contributed by atoms with Crippen molar-refractivity contribution in [3.8, 4) is 11.4 Å². The molecule has 0 aliphatic carbocycles. The van der Waals surface area contributed by atoms with Crippen molar-refractivity contribution in [3.05, 3.63) is 30.4 Å². The predicted octanol–water partition coefficient (Wildman–Crippen LogP) is 2.15. The number of hydrogen-bond donors (Lipinski definition) is 1. The second-order valence-corrected chi connectivity index (χ2v) is 6.70. The van der Waals surface area contributed by atoms with Gasteiger partial charge in [0.2, 0.25) is 11.7 Å². The number of likely N-dealkylation sites (tertiary alicyclic amines) is 1. The van der Waals surface area contributed by atoms with Gasteiger partial charge in [-0.05, 0) is 44.5 Å². The first kappa shape index (κ1) is 18.3. The molecule has 0 spiro atoms. The minimum absolute atomic E-state index is 0.116. The van der Waals surface area contributed by atoms with Crippen LogP contribution >= 0.6 is 0 Å². The van der Waals surface area contributed by atoms with Crippen molar-refractivity contribution in [1.29, 1.82) is 0 Å².